The van der Waals surface area contributed by atoms with Crippen molar-refractivity contribution >= 4 is 15.9 Å². The third-order valence-electron chi connectivity index (χ3n) is 4.50. The second-order valence-corrected chi connectivity index (χ2v) is 6.62. The summed E-state index contributed by atoms with van der Waals surface area (Å²) >= 11 is 3.56. The molecule has 2 fully saturated rings. The van der Waals surface area contributed by atoms with Crippen LogP contribution in [-0.4, -0.2) is 19.2 Å². The van der Waals surface area contributed by atoms with E-state index in [1.165, 1.54) is 44.3 Å². The molecule has 2 aliphatic rings. The summed E-state index contributed by atoms with van der Waals surface area (Å²) in [6, 6.07) is 6.19. The van der Waals surface area contributed by atoms with Crippen LogP contribution in [0.3, 0.4) is 0 Å². The van der Waals surface area contributed by atoms with E-state index in [4.69, 9.17) is 4.74 Å². The minimum atomic E-state index is 0.427. The lowest BCUT2D eigenvalue weighted by Gasteiger charge is -2.50. The van der Waals surface area contributed by atoms with E-state index in [0.717, 1.165) is 10.2 Å². The molecule has 0 amide bonds. The van der Waals surface area contributed by atoms with Crippen LogP contribution in [0.1, 0.15) is 31.2 Å². The molecule has 1 saturated carbocycles. The number of rotatable bonds is 2. The van der Waals surface area contributed by atoms with Gasteiger partial charge in [0.2, 0.25) is 0 Å². The third-order valence-corrected chi connectivity index (χ3v) is 5.36. The fourth-order valence-electron chi connectivity index (χ4n) is 3.25. The number of hydrogen-bond donors (Lipinski definition) is 1. The fraction of sp³-hybridized carbons (Fsp3) is 0.600. The van der Waals surface area contributed by atoms with E-state index in [9.17, 15) is 0 Å². The van der Waals surface area contributed by atoms with Gasteiger partial charge >= 0.3 is 0 Å². The molecule has 3 heteroatoms. The van der Waals surface area contributed by atoms with Crippen molar-refractivity contribution < 1.29 is 4.74 Å². The standard InChI is InChI=1S/C15H20BrNO/c1-11-13(16)3-2-4-14(11)18-12-9-15(10-12)5-7-17-8-6-15/h2-4,12,17H,5-10H2,1H3. The molecule has 1 aliphatic carbocycles. The zero-order valence-corrected chi connectivity index (χ0v) is 12.4. The molecule has 1 heterocycles. The maximum Gasteiger partial charge on any atom is 0.123 e. The molecule has 0 atom stereocenters. The molecule has 1 saturated heterocycles. The molecule has 98 valence electrons. The van der Waals surface area contributed by atoms with E-state index in [-0.39, 0.29) is 0 Å². The molecule has 0 unspecified atom stereocenters. The first-order valence-corrected chi connectivity index (χ1v) is 7.60. The van der Waals surface area contributed by atoms with Gasteiger partial charge in [0.15, 0.2) is 0 Å². The van der Waals surface area contributed by atoms with Crippen molar-refractivity contribution in [2.45, 2.75) is 38.7 Å². The third kappa shape index (κ3) is 2.30. The first-order chi connectivity index (χ1) is 8.69. The highest BCUT2D eigenvalue weighted by atomic mass is 79.9. The average molecular weight is 310 g/mol. The summed E-state index contributed by atoms with van der Waals surface area (Å²) in [5.41, 5.74) is 1.80. The van der Waals surface area contributed by atoms with Crippen LogP contribution in [0.15, 0.2) is 22.7 Å². The van der Waals surface area contributed by atoms with Crippen LogP contribution in [-0.2, 0) is 0 Å². The van der Waals surface area contributed by atoms with Crippen molar-refractivity contribution in [3.8, 4) is 5.75 Å². The number of piperidine rings is 1. The van der Waals surface area contributed by atoms with Crippen LogP contribution in [0.2, 0.25) is 0 Å². The second-order valence-electron chi connectivity index (χ2n) is 5.76. The minimum absolute atomic E-state index is 0.427. The van der Waals surface area contributed by atoms with Gasteiger partial charge in [0, 0.05) is 10.0 Å². The summed E-state index contributed by atoms with van der Waals surface area (Å²) in [6.07, 6.45) is 5.55. The van der Waals surface area contributed by atoms with Crippen molar-refractivity contribution in [3.05, 3.63) is 28.2 Å². The lowest BCUT2D eigenvalue weighted by molar-refractivity contribution is -0.0350. The molecule has 3 rings (SSSR count). The lowest BCUT2D eigenvalue weighted by atomic mass is 9.62. The number of halogens is 1. The molecular weight excluding hydrogens is 290 g/mol. The molecule has 0 aromatic heterocycles. The molecular formula is C15H20BrNO. The molecule has 0 radical (unpaired) electrons. The lowest BCUT2D eigenvalue weighted by Crippen LogP contribution is -2.49. The van der Waals surface area contributed by atoms with Crippen molar-refractivity contribution in [1.82, 2.24) is 5.32 Å². The number of hydrogen-bond acceptors (Lipinski definition) is 2. The van der Waals surface area contributed by atoms with Crippen molar-refractivity contribution in [3.63, 3.8) is 0 Å². The Morgan fingerprint density at radius 2 is 2.00 bits per heavy atom. The summed E-state index contributed by atoms with van der Waals surface area (Å²) in [7, 11) is 0. The molecule has 18 heavy (non-hydrogen) atoms. The summed E-state index contributed by atoms with van der Waals surface area (Å²) in [5.74, 6) is 1.04. The molecule has 1 N–H and O–H groups in total. The molecule has 2 nitrogen and oxygen atoms in total. The van der Waals surface area contributed by atoms with Gasteiger partial charge in [-0.05, 0) is 63.2 Å². The van der Waals surface area contributed by atoms with Crippen LogP contribution in [0.5, 0.6) is 5.75 Å². The van der Waals surface area contributed by atoms with Crippen LogP contribution >= 0.6 is 15.9 Å². The van der Waals surface area contributed by atoms with Gasteiger partial charge in [-0.15, -0.1) is 0 Å². The van der Waals surface area contributed by atoms with Crippen molar-refractivity contribution in [2.75, 3.05) is 13.1 Å². The Bertz CT molecular complexity index is 432. The smallest absolute Gasteiger partial charge is 0.123 e. The number of nitrogens with one attached hydrogen (secondary N) is 1. The van der Waals surface area contributed by atoms with Crippen LogP contribution in [0.25, 0.3) is 0 Å². The monoisotopic (exact) mass is 309 g/mol. The van der Waals surface area contributed by atoms with Gasteiger partial charge in [-0.1, -0.05) is 22.0 Å². The summed E-state index contributed by atoms with van der Waals surface area (Å²) < 4.78 is 7.27. The maximum absolute atomic E-state index is 6.14. The van der Waals surface area contributed by atoms with E-state index in [2.05, 4.69) is 40.3 Å². The topological polar surface area (TPSA) is 21.3 Å². The normalized spacial score (nSPS) is 22.8. The van der Waals surface area contributed by atoms with Crippen LogP contribution in [0, 0.1) is 12.3 Å². The van der Waals surface area contributed by atoms with E-state index in [1.807, 2.05) is 6.07 Å². The highest BCUT2D eigenvalue weighted by molar-refractivity contribution is 9.10. The Balaban J connectivity index is 1.61. The Morgan fingerprint density at radius 3 is 2.72 bits per heavy atom. The zero-order valence-electron chi connectivity index (χ0n) is 10.8. The van der Waals surface area contributed by atoms with Gasteiger partial charge < -0.3 is 10.1 Å². The quantitative estimate of drug-likeness (QED) is 0.900. The molecule has 0 bridgehead atoms. The van der Waals surface area contributed by atoms with Crippen LogP contribution in [0.4, 0.5) is 0 Å². The summed E-state index contributed by atoms with van der Waals surface area (Å²) in [4.78, 5) is 0. The second kappa shape index (κ2) is 4.86. The van der Waals surface area contributed by atoms with E-state index in [1.54, 1.807) is 0 Å². The Labute approximate surface area is 117 Å². The summed E-state index contributed by atoms with van der Waals surface area (Å²) in [6.45, 7) is 4.48. The predicted octanol–water partition coefficient (Wildman–Crippen LogP) is 3.67. The number of ether oxygens (including phenoxy) is 1. The van der Waals surface area contributed by atoms with Crippen molar-refractivity contribution in [2.24, 2.45) is 5.41 Å². The Kier molecular flexibility index (Phi) is 3.37. The first kappa shape index (κ1) is 12.5. The molecule has 1 aromatic rings. The van der Waals surface area contributed by atoms with Gasteiger partial charge in [-0.25, -0.2) is 0 Å². The summed E-state index contributed by atoms with van der Waals surface area (Å²) in [5, 5.41) is 3.44. The number of benzene rings is 1. The van der Waals surface area contributed by atoms with Gasteiger partial charge in [0.1, 0.15) is 5.75 Å². The van der Waals surface area contributed by atoms with Crippen molar-refractivity contribution in [1.29, 1.82) is 0 Å². The van der Waals surface area contributed by atoms with Gasteiger partial charge in [0.25, 0.3) is 0 Å². The zero-order chi connectivity index (χ0) is 12.6. The SMILES string of the molecule is Cc1c(Br)cccc1OC1CC2(CCNCC2)C1. The Morgan fingerprint density at radius 1 is 1.28 bits per heavy atom. The predicted molar refractivity (Wildman–Crippen MR) is 77.1 cm³/mol. The van der Waals surface area contributed by atoms with Gasteiger partial charge in [-0.2, -0.15) is 0 Å². The first-order valence-electron chi connectivity index (χ1n) is 6.81. The Hall–Kier alpha value is -0.540. The van der Waals surface area contributed by atoms with E-state index >= 15 is 0 Å². The maximum atomic E-state index is 6.14. The fourth-order valence-corrected chi connectivity index (χ4v) is 3.60. The molecule has 1 aromatic carbocycles. The molecule has 1 aliphatic heterocycles. The van der Waals surface area contributed by atoms with Gasteiger partial charge in [-0.3, -0.25) is 0 Å². The average Bonchev–Trinajstić information content (AvgIpc) is 2.34. The molecule has 1 spiro atoms. The highest BCUT2D eigenvalue weighted by Crippen LogP contribution is 2.49. The van der Waals surface area contributed by atoms with Crippen LogP contribution < -0.4 is 10.1 Å². The van der Waals surface area contributed by atoms with E-state index in [0.29, 0.717) is 11.5 Å². The van der Waals surface area contributed by atoms with Gasteiger partial charge in [0.05, 0.1) is 6.10 Å². The van der Waals surface area contributed by atoms with E-state index < -0.39 is 0 Å². The highest BCUT2D eigenvalue weighted by Gasteiger charge is 2.45. The minimum Gasteiger partial charge on any atom is -0.490 e. The largest absolute Gasteiger partial charge is 0.490 e.